The number of hydrogen-bond acceptors (Lipinski definition) is 2. The lowest BCUT2D eigenvalue weighted by atomic mass is 9.80. The molecule has 0 N–H and O–H groups in total. The molecule has 0 radical (unpaired) electrons. The van der Waals surface area contributed by atoms with Crippen LogP contribution < -0.4 is 0 Å². The van der Waals surface area contributed by atoms with Gasteiger partial charge in [0.25, 0.3) is 0 Å². The Balaban J connectivity index is 2.45. The number of aromatic nitrogens is 1. The van der Waals surface area contributed by atoms with Gasteiger partial charge in [0.1, 0.15) is 7.85 Å². The van der Waals surface area contributed by atoms with E-state index in [9.17, 15) is 0 Å². The number of rotatable bonds is 1. The van der Waals surface area contributed by atoms with Gasteiger partial charge in [-0.1, -0.05) is 35.4 Å². The van der Waals surface area contributed by atoms with E-state index in [-0.39, 0.29) is 0 Å². The third-order valence-corrected chi connectivity index (χ3v) is 6.04. The molecule has 1 nitrogen and oxygen atoms in total. The summed E-state index contributed by atoms with van der Waals surface area (Å²) in [5.41, 5.74) is 1.53. The maximum Gasteiger partial charge on any atom is 0.161 e. The Labute approximate surface area is 134 Å². The summed E-state index contributed by atoms with van der Waals surface area (Å²) in [5.74, 6) is 0. The van der Waals surface area contributed by atoms with Crippen LogP contribution in [0.1, 0.15) is 56.1 Å². The average Bonchev–Trinajstić information content (AvgIpc) is 2.54. The molecule has 0 saturated carbocycles. The molecule has 0 amide bonds. The van der Waals surface area contributed by atoms with E-state index >= 15 is 0 Å². The van der Waals surface area contributed by atoms with E-state index in [4.69, 9.17) is 12.2 Å². The van der Waals surface area contributed by atoms with Crippen LogP contribution in [0.5, 0.6) is 0 Å². The first-order valence-electron chi connectivity index (χ1n) is 6.83. The molecule has 1 aromatic heterocycles. The largest absolute Gasteiger partial charge is 0.324 e. The van der Waals surface area contributed by atoms with Gasteiger partial charge < -0.3 is 4.57 Å². The van der Waals surface area contributed by atoms with Crippen LogP contribution >= 0.6 is 46.1 Å². The fourth-order valence-electron chi connectivity index (χ4n) is 2.76. The van der Waals surface area contributed by atoms with Gasteiger partial charge in [0.2, 0.25) is 0 Å². The fourth-order valence-corrected chi connectivity index (χ4v) is 5.75. The predicted molar refractivity (Wildman–Crippen MR) is 94.7 cm³/mol. The minimum absolute atomic E-state index is 0.401. The molecule has 1 atom stereocenters. The van der Waals surface area contributed by atoms with Crippen LogP contribution in [0.25, 0.3) is 0 Å². The van der Waals surface area contributed by atoms with Crippen molar-refractivity contribution in [3.05, 3.63) is 14.5 Å². The van der Waals surface area contributed by atoms with Crippen LogP contribution in [0.15, 0.2) is 0 Å². The summed E-state index contributed by atoms with van der Waals surface area (Å²) in [6.07, 6.45) is 7.79. The number of alkyl halides is 1. The summed E-state index contributed by atoms with van der Waals surface area (Å²) in [7, 11) is 2.39. The van der Waals surface area contributed by atoms with E-state index in [0.717, 1.165) is 3.95 Å². The minimum atomic E-state index is 0.401. The van der Waals surface area contributed by atoms with E-state index in [1.807, 2.05) is 11.3 Å². The topological polar surface area (TPSA) is 4.93 Å². The van der Waals surface area contributed by atoms with E-state index in [1.165, 1.54) is 44.2 Å². The molecule has 0 bridgehead atoms. The molecule has 2 rings (SSSR count). The molecule has 5 heteroatoms. The van der Waals surface area contributed by atoms with E-state index < -0.39 is 0 Å². The number of hydrogen-bond donors (Lipinski definition) is 0. The van der Waals surface area contributed by atoms with Crippen molar-refractivity contribution in [2.24, 2.45) is 0 Å². The van der Waals surface area contributed by atoms with Crippen LogP contribution in [0, 0.1) is 3.95 Å². The second kappa shape index (κ2) is 5.96. The quantitative estimate of drug-likeness (QED) is 0.299. The standard InChI is InChI=1S/C13H21BINS2/c1-9(2)16-10-6-4-3-5-7-13(14,15)8-11(10)18-12(16)17/h9H,3-8,14H2,1-2H3. The maximum absolute atomic E-state index is 5.57. The molecule has 0 spiro atoms. The molecule has 0 fully saturated rings. The highest BCUT2D eigenvalue weighted by molar-refractivity contribution is 14.1. The number of halogens is 1. The molecule has 1 aliphatic carbocycles. The smallest absolute Gasteiger partial charge is 0.161 e. The molecule has 18 heavy (non-hydrogen) atoms. The molecule has 100 valence electrons. The lowest BCUT2D eigenvalue weighted by molar-refractivity contribution is 0.557. The van der Waals surface area contributed by atoms with Crippen molar-refractivity contribution in [2.75, 3.05) is 0 Å². The Morgan fingerprint density at radius 2 is 2.11 bits per heavy atom. The second-order valence-electron chi connectivity index (χ2n) is 5.85. The Kier molecular flexibility index (Phi) is 4.98. The van der Waals surface area contributed by atoms with Gasteiger partial charge in [0, 0.05) is 16.6 Å². The van der Waals surface area contributed by atoms with Crippen molar-refractivity contribution in [2.45, 2.75) is 61.7 Å². The number of nitrogens with zero attached hydrogens (tertiary/aromatic N) is 1. The zero-order chi connectivity index (χ0) is 13.3. The van der Waals surface area contributed by atoms with Crippen LogP contribution in [0.2, 0.25) is 0 Å². The van der Waals surface area contributed by atoms with Gasteiger partial charge >= 0.3 is 0 Å². The van der Waals surface area contributed by atoms with Gasteiger partial charge in [0.15, 0.2) is 3.95 Å². The first-order valence-corrected chi connectivity index (χ1v) is 9.13. The third-order valence-electron chi connectivity index (χ3n) is 3.68. The Morgan fingerprint density at radius 1 is 1.39 bits per heavy atom. The molecule has 1 heterocycles. The van der Waals surface area contributed by atoms with Crippen molar-refractivity contribution in [3.8, 4) is 0 Å². The Morgan fingerprint density at radius 3 is 2.78 bits per heavy atom. The lowest BCUT2D eigenvalue weighted by Gasteiger charge is -2.21. The molecule has 1 aromatic rings. The summed E-state index contributed by atoms with van der Waals surface area (Å²) in [5, 5.41) is 0. The van der Waals surface area contributed by atoms with E-state index in [2.05, 4.69) is 48.9 Å². The molecule has 1 aliphatic rings. The van der Waals surface area contributed by atoms with Gasteiger partial charge in [-0.3, -0.25) is 0 Å². The second-order valence-corrected chi connectivity index (χ2v) is 10.2. The van der Waals surface area contributed by atoms with Crippen LogP contribution in [0.3, 0.4) is 0 Å². The molecule has 1 unspecified atom stereocenters. The van der Waals surface area contributed by atoms with Crippen LogP contribution in [-0.4, -0.2) is 15.7 Å². The Hall–Kier alpha value is 0.645. The summed E-state index contributed by atoms with van der Waals surface area (Å²) >= 11 is 10.1. The van der Waals surface area contributed by atoms with Crippen molar-refractivity contribution >= 4 is 54.0 Å². The zero-order valence-electron chi connectivity index (χ0n) is 11.5. The Bertz CT molecular complexity index is 476. The van der Waals surface area contributed by atoms with Gasteiger partial charge in [0.05, 0.1) is 0 Å². The normalized spacial score (nSPS) is 25.3. The SMILES string of the molecule is BC1(I)CCCCCc2c(sc(=S)n2C(C)C)C1. The highest BCUT2D eigenvalue weighted by Crippen LogP contribution is 2.35. The molecular formula is C13H21BINS2. The monoisotopic (exact) mass is 393 g/mol. The van der Waals surface area contributed by atoms with Gasteiger partial charge in [-0.05, 0) is 55.1 Å². The minimum Gasteiger partial charge on any atom is -0.324 e. The first kappa shape index (κ1) is 15.0. The van der Waals surface area contributed by atoms with Crippen molar-refractivity contribution in [3.63, 3.8) is 0 Å². The van der Waals surface area contributed by atoms with Gasteiger partial charge in [-0.2, -0.15) is 0 Å². The van der Waals surface area contributed by atoms with Gasteiger partial charge in [-0.15, -0.1) is 11.3 Å². The summed E-state index contributed by atoms with van der Waals surface area (Å²) in [6, 6.07) is 0.499. The highest BCUT2D eigenvalue weighted by Gasteiger charge is 2.26. The molecule has 0 aromatic carbocycles. The fraction of sp³-hybridized carbons (Fsp3) is 0.769. The predicted octanol–water partition coefficient (Wildman–Crippen LogP) is 4.28. The number of fused-ring (bicyclic) bond motifs is 1. The molecule has 0 saturated heterocycles. The van der Waals surface area contributed by atoms with Crippen molar-refractivity contribution < 1.29 is 0 Å². The highest BCUT2D eigenvalue weighted by atomic mass is 127. The van der Waals surface area contributed by atoms with Crippen molar-refractivity contribution in [1.29, 1.82) is 0 Å². The number of thiazole rings is 1. The molecule has 0 aliphatic heterocycles. The van der Waals surface area contributed by atoms with Crippen LogP contribution in [-0.2, 0) is 12.8 Å². The summed E-state index contributed by atoms with van der Waals surface area (Å²) in [6.45, 7) is 4.50. The zero-order valence-corrected chi connectivity index (χ0v) is 15.3. The van der Waals surface area contributed by atoms with E-state index in [0.29, 0.717) is 9.36 Å². The molecular weight excluding hydrogens is 372 g/mol. The van der Waals surface area contributed by atoms with Gasteiger partial charge in [-0.25, -0.2) is 0 Å². The third kappa shape index (κ3) is 3.39. The maximum atomic E-state index is 5.57. The first-order chi connectivity index (χ1) is 8.41. The lowest BCUT2D eigenvalue weighted by Crippen LogP contribution is -2.23. The summed E-state index contributed by atoms with van der Waals surface area (Å²) in [4.78, 5) is 1.55. The van der Waals surface area contributed by atoms with Crippen LogP contribution in [0.4, 0.5) is 0 Å². The van der Waals surface area contributed by atoms with E-state index in [1.54, 1.807) is 4.88 Å². The summed E-state index contributed by atoms with van der Waals surface area (Å²) < 4.78 is 3.87. The van der Waals surface area contributed by atoms with Crippen molar-refractivity contribution in [1.82, 2.24) is 4.57 Å². The average molecular weight is 393 g/mol.